The maximum absolute atomic E-state index is 13.6. The molecule has 1 unspecified atom stereocenters. The molecule has 0 aromatic heterocycles. The summed E-state index contributed by atoms with van der Waals surface area (Å²) < 4.78 is 13.6. The van der Waals surface area contributed by atoms with E-state index >= 15 is 0 Å². The highest BCUT2D eigenvalue weighted by Gasteiger charge is 2.08. The van der Waals surface area contributed by atoms with E-state index in [1.807, 2.05) is 19.1 Å². The second kappa shape index (κ2) is 6.08. The van der Waals surface area contributed by atoms with E-state index in [1.165, 1.54) is 5.56 Å². The van der Waals surface area contributed by atoms with Crippen molar-refractivity contribution in [1.82, 2.24) is 0 Å². The molecule has 2 aromatic rings. The molecule has 0 aliphatic rings. The van der Waals surface area contributed by atoms with Gasteiger partial charge in [0.05, 0.1) is 0 Å². The van der Waals surface area contributed by atoms with Crippen molar-refractivity contribution in [3.8, 4) is 0 Å². The van der Waals surface area contributed by atoms with Gasteiger partial charge >= 0.3 is 0 Å². The normalized spacial score (nSPS) is 12.5. The molecule has 0 spiro atoms. The van der Waals surface area contributed by atoms with Gasteiger partial charge in [0.2, 0.25) is 0 Å². The van der Waals surface area contributed by atoms with Gasteiger partial charge in [-0.2, -0.15) is 0 Å². The lowest BCUT2D eigenvalue weighted by Gasteiger charge is -2.17. The molecule has 1 N–H and O–H groups in total. The smallest absolute Gasteiger partial charge is 0.126 e. The van der Waals surface area contributed by atoms with Crippen molar-refractivity contribution in [1.29, 1.82) is 0 Å². The van der Waals surface area contributed by atoms with E-state index in [4.69, 9.17) is 0 Å². The molecule has 2 aromatic carbocycles. The van der Waals surface area contributed by atoms with Gasteiger partial charge in [-0.05, 0) is 54.7 Å². The molecule has 1 atom stereocenters. The van der Waals surface area contributed by atoms with E-state index in [0.717, 1.165) is 11.3 Å². The molecule has 2 heteroatoms. The summed E-state index contributed by atoms with van der Waals surface area (Å²) in [7, 11) is 0. The van der Waals surface area contributed by atoms with Gasteiger partial charge in [-0.15, -0.1) is 0 Å². The van der Waals surface area contributed by atoms with Crippen LogP contribution in [0.15, 0.2) is 42.5 Å². The first-order valence-electron chi connectivity index (χ1n) is 7.10. The molecule has 0 amide bonds. The number of nitrogens with one attached hydrogen (secondary N) is 1. The van der Waals surface area contributed by atoms with Gasteiger partial charge in [0.25, 0.3) is 0 Å². The highest BCUT2D eigenvalue weighted by molar-refractivity contribution is 5.47. The van der Waals surface area contributed by atoms with Crippen LogP contribution in [-0.4, -0.2) is 0 Å². The van der Waals surface area contributed by atoms with Crippen molar-refractivity contribution in [2.45, 2.75) is 39.7 Å². The summed E-state index contributed by atoms with van der Waals surface area (Å²) in [6, 6.07) is 13.9. The van der Waals surface area contributed by atoms with Gasteiger partial charge in [0.1, 0.15) is 5.82 Å². The van der Waals surface area contributed by atoms with Gasteiger partial charge in [0, 0.05) is 11.7 Å². The van der Waals surface area contributed by atoms with Gasteiger partial charge in [-0.25, -0.2) is 4.39 Å². The average molecular weight is 271 g/mol. The zero-order chi connectivity index (χ0) is 14.7. The third kappa shape index (κ3) is 3.38. The van der Waals surface area contributed by atoms with Crippen molar-refractivity contribution >= 4 is 5.69 Å². The average Bonchev–Trinajstić information content (AvgIpc) is 2.42. The first-order valence-corrected chi connectivity index (χ1v) is 7.10. The molecular formula is C18H22FN. The molecule has 0 aliphatic heterocycles. The summed E-state index contributed by atoms with van der Waals surface area (Å²) in [4.78, 5) is 0. The quantitative estimate of drug-likeness (QED) is 0.781. The van der Waals surface area contributed by atoms with Gasteiger partial charge in [-0.1, -0.05) is 38.1 Å². The van der Waals surface area contributed by atoms with Crippen LogP contribution in [0.1, 0.15) is 49.4 Å². The molecule has 106 valence electrons. The standard InChI is InChI=1S/C18H22FN/c1-12(2)15-7-9-17(10-8-15)20-14(4)16-6-5-13(3)18(19)11-16/h5-12,14,20H,1-4H3. The number of halogens is 1. The molecule has 0 saturated heterocycles. The molecule has 0 aliphatic carbocycles. The first kappa shape index (κ1) is 14.6. The third-order valence-electron chi connectivity index (χ3n) is 3.66. The Hall–Kier alpha value is -1.83. The van der Waals surface area contributed by atoms with Crippen LogP contribution in [0.4, 0.5) is 10.1 Å². The monoisotopic (exact) mass is 271 g/mol. The summed E-state index contributed by atoms with van der Waals surface area (Å²) in [5.74, 6) is 0.388. The summed E-state index contributed by atoms with van der Waals surface area (Å²) in [5, 5.41) is 3.40. The van der Waals surface area contributed by atoms with Crippen LogP contribution in [0.2, 0.25) is 0 Å². The van der Waals surface area contributed by atoms with Gasteiger partial charge in [0.15, 0.2) is 0 Å². The minimum atomic E-state index is -0.147. The first-order chi connectivity index (χ1) is 9.47. The van der Waals surface area contributed by atoms with Crippen LogP contribution in [0.5, 0.6) is 0 Å². The number of hydrogen-bond donors (Lipinski definition) is 1. The van der Waals surface area contributed by atoms with Crippen molar-refractivity contribution in [2.24, 2.45) is 0 Å². The Morgan fingerprint density at radius 2 is 1.50 bits per heavy atom. The van der Waals surface area contributed by atoms with Crippen molar-refractivity contribution in [2.75, 3.05) is 5.32 Å². The molecular weight excluding hydrogens is 249 g/mol. The van der Waals surface area contributed by atoms with Crippen molar-refractivity contribution in [3.05, 3.63) is 65.0 Å². The predicted molar refractivity (Wildman–Crippen MR) is 83.7 cm³/mol. The Morgan fingerprint density at radius 1 is 0.900 bits per heavy atom. The maximum Gasteiger partial charge on any atom is 0.126 e. The topological polar surface area (TPSA) is 12.0 Å². The molecule has 0 radical (unpaired) electrons. The highest BCUT2D eigenvalue weighted by atomic mass is 19.1. The number of aryl methyl sites for hydroxylation is 1. The third-order valence-corrected chi connectivity index (χ3v) is 3.66. The lowest BCUT2D eigenvalue weighted by Crippen LogP contribution is -2.07. The molecule has 2 rings (SSSR count). The number of benzene rings is 2. The molecule has 0 fully saturated rings. The fraction of sp³-hybridized carbons (Fsp3) is 0.333. The van der Waals surface area contributed by atoms with E-state index in [9.17, 15) is 4.39 Å². The van der Waals surface area contributed by atoms with E-state index < -0.39 is 0 Å². The minimum Gasteiger partial charge on any atom is -0.379 e. The second-order valence-corrected chi connectivity index (χ2v) is 5.65. The molecule has 0 heterocycles. The van der Waals surface area contributed by atoms with Crippen LogP contribution in [0.25, 0.3) is 0 Å². The summed E-state index contributed by atoms with van der Waals surface area (Å²) in [5.41, 5.74) is 4.02. The van der Waals surface area contributed by atoms with Crippen molar-refractivity contribution in [3.63, 3.8) is 0 Å². The van der Waals surface area contributed by atoms with Crippen LogP contribution in [0, 0.1) is 12.7 Å². The maximum atomic E-state index is 13.6. The fourth-order valence-electron chi connectivity index (χ4n) is 2.18. The van der Waals surface area contributed by atoms with E-state index in [-0.39, 0.29) is 11.9 Å². The Kier molecular flexibility index (Phi) is 4.43. The van der Waals surface area contributed by atoms with E-state index in [2.05, 4.69) is 43.4 Å². The fourth-order valence-corrected chi connectivity index (χ4v) is 2.18. The molecule has 0 saturated carbocycles. The van der Waals surface area contributed by atoms with E-state index in [0.29, 0.717) is 11.5 Å². The van der Waals surface area contributed by atoms with Crippen LogP contribution in [0.3, 0.4) is 0 Å². The minimum absolute atomic E-state index is 0.0787. The van der Waals surface area contributed by atoms with E-state index in [1.54, 1.807) is 13.0 Å². The SMILES string of the molecule is Cc1ccc(C(C)Nc2ccc(C(C)C)cc2)cc1F. The van der Waals surface area contributed by atoms with Crippen LogP contribution >= 0.6 is 0 Å². The van der Waals surface area contributed by atoms with Crippen LogP contribution in [-0.2, 0) is 0 Å². The zero-order valence-corrected chi connectivity index (χ0v) is 12.6. The Balaban J connectivity index is 2.10. The number of anilines is 1. The molecule has 20 heavy (non-hydrogen) atoms. The van der Waals surface area contributed by atoms with Gasteiger partial charge < -0.3 is 5.32 Å². The Bertz CT molecular complexity index is 572. The summed E-state index contributed by atoms with van der Waals surface area (Å²) >= 11 is 0. The largest absolute Gasteiger partial charge is 0.379 e. The summed E-state index contributed by atoms with van der Waals surface area (Å²) in [6.45, 7) is 8.18. The number of rotatable bonds is 4. The second-order valence-electron chi connectivity index (χ2n) is 5.65. The van der Waals surface area contributed by atoms with Gasteiger partial charge in [-0.3, -0.25) is 0 Å². The predicted octanol–water partition coefficient (Wildman–Crippen LogP) is 5.43. The zero-order valence-electron chi connectivity index (χ0n) is 12.6. The lowest BCUT2D eigenvalue weighted by molar-refractivity contribution is 0.614. The number of hydrogen-bond acceptors (Lipinski definition) is 1. The molecule has 0 bridgehead atoms. The van der Waals surface area contributed by atoms with Crippen molar-refractivity contribution < 1.29 is 4.39 Å². The lowest BCUT2D eigenvalue weighted by atomic mass is 10.0. The Labute approximate surface area is 120 Å². The molecule has 1 nitrogen and oxygen atoms in total. The summed E-state index contributed by atoms with van der Waals surface area (Å²) in [6.07, 6.45) is 0. The highest BCUT2D eigenvalue weighted by Crippen LogP contribution is 2.23. The van der Waals surface area contributed by atoms with Crippen LogP contribution < -0.4 is 5.32 Å². The Morgan fingerprint density at radius 3 is 2.05 bits per heavy atom.